The fraction of sp³-hybridized carbons (Fsp3) is 0.909. The van der Waals surface area contributed by atoms with Crippen LogP contribution < -0.4 is 11.4 Å². The Kier molecular flexibility index (Phi) is 5.18. The third-order valence-electron chi connectivity index (χ3n) is 3.50. The van der Waals surface area contributed by atoms with Crippen LogP contribution in [0.3, 0.4) is 0 Å². The van der Waals surface area contributed by atoms with Crippen molar-refractivity contribution in [3.63, 3.8) is 0 Å². The summed E-state index contributed by atoms with van der Waals surface area (Å²) in [5, 5.41) is 0. The largest absolute Gasteiger partial charge is 0.356 e. The first-order valence-electron chi connectivity index (χ1n) is 5.94. The van der Waals surface area contributed by atoms with Gasteiger partial charge >= 0.3 is 5.97 Å². The van der Waals surface area contributed by atoms with Crippen molar-refractivity contribution in [2.45, 2.75) is 39.7 Å². The van der Waals surface area contributed by atoms with Gasteiger partial charge in [-0.1, -0.05) is 19.4 Å². The van der Waals surface area contributed by atoms with Crippen molar-refractivity contribution in [2.75, 3.05) is 13.1 Å². The fourth-order valence-corrected chi connectivity index (χ4v) is 2.48. The van der Waals surface area contributed by atoms with Gasteiger partial charge in [-0.15, -0.1) is 0 Å². The lowest BCUT2D eigenvalue weighted by Gasteiger charge is -2.40. The summed E-state index contributed by atoms with van der Waals surface area (Å²) in [6, 6.07) is 0.537. The molecular formula is C11H23N3O2. The number of hydrogen-bond acceptors (Lipinski definition) is 5. The molecule has 16 heavy (non-hydrogen) atoms. The van der Waals surface area contributed by atoms with E-state index in [2.05, 4.69) is 30.5 Å². The minimum atomic E-state index is -0.305. The molecule has 0 aromatic heterocycles. The summed E-state index contributed by atoms with van der Waals surface area (Å²) in [6.07, 6.45) is 1.65. The SMILES string of the molecule is CC1CC(C)C(C)N(CCC(=O)ONN)C1. The van der Waals surface area contributed by atoms with Gasteiger partial charge in [-0.2, -0.15) is 0 Å². The van der Waals surface area contributed by atoms with E-state index in [0.717, 1.165) is 13.1 Å². The fourth-order valence-electron chi connectivity index (χ4n) is 2.48. The molecule has 0 saturated carbocycles. The smallest absolute Gasteiger partial charge is 0.327 e. The molecule has 3 unspecified atom stereocenters. The molecule has 3 N–H and O–H groups in total. The van der Waals surface area contributed by atoms with E-state index in [9.17, 15) is 4.79 Å². The number of nitrogens with two attached hydrogens (primary N) is 1. The molecule has 0 aromatic rings. The second-order valence-electron chi connectivity index (χ2n) is 4.90. The highest BCUT2D eigenvalue weighted by Crippen LogP contribution is 2.26. The molecule has 3 atom stereocenters. The summed E-state index contributed by atoms with van der Waals surface area (Å²) >= 11 is 0. The number of rotatable bonds is 4. The maximum absolute atomic E-state index is 11.2. The Hall–Kier alpha value is -0.650. The molecule has 94 valence electrons. The van der Waals surface area contributed by atoms with E-state index in [1.165, 1.54) is 6.42 Å². The van der Waals surface area contributed by atoms with Gasteiger partial charge in [0.15, 0.2) is 0 Å². The van der Waals surface area contributed by atoms with Crippen molar-refractivity contribution in [1.82, 2.24) is 10.5 Å². The van der Waals surface area contributed by atoms with E-state index < -0.39 is 0 Å². The molecule has 5 nitrogen and oxygen atoms in total. The van der Waals surface area contributed by atoms with Crippen LogP contribution in [0.1, 0.15) is 33.6 Å². The first-order chi connectivity index (χ1) is 7.54. The van der Waals surface area contributed by atoms with Crippen molar-refractivity contribution in [3.05, 3.63) is 0 Å². The Morgan fingerprint density at radius 2 is 2.19 bits per heavy atom. The van der Waals surface area contributed by atoms with E-state index in [4.69, 9.17) is 5.84 Å². The minimum Gasteiger partial charge on any atom is -0.356 e. The Bertz CT molecular complexity index is 235. The Labute approximate surface area is 97.2 Å². The maximum Gasteiger partial charge on any atom is 0.327 e. The number of piperidine rings is 1. The highest BCUT2D eigenvalue weighted by molar-refractivity contribution is 5.69. The predicted octanol–water partition coefficient (Wildman–Crippen LogP) is 0.664. The molecule has 1 heterocycles. The Balaban J connectivity index is 2.37. The monoisotopic (exact) mass is 229 g/mol. The van der Waals surface area contributed by atoms with E-state index in [1.807, 2.05) is 5.59 Å². The quantitative estimate of drug-likeness (QED) is 0.547. The van der Waals surface area contributed by atoms with Crippen LogP contribution in [0, 0.1) is 11.8 Å². The molecule has 5 heteroatoms. The van der Waals surface area contributed by atoms with Gasteiger partial charge in [0.1, 0.15) is 0 Å². The molecule has 0 radical (unpaired) electrons. The van der Waals surface area contributed by atoms with Gasteiger partial charge in [-0.25, -0.2) is 5.84 Å². The highest BCUT2D eigenvalue weighted by Gasteiger charge is 2.28. The lowest BCUT2D eigenvalue weighted by atomic mass is 9.86. The van der Waals surface area contributed by atoms with Crippen LogP contribution in [-0.4, -0.2) is 30.0 Å². The summed E-state index contributed by atoms with van der Waals surface area (Å²) < 4.78 is 0. The first-order valence-corrected chi connectivity index (χ1v) is 5.94. The van der Waals surface area contributed by atoms with Crippen LogP contribution in [0.15, 0.2) is 0 Å². The standard InChI is InChI=1S/C11H23N3O2/c1-8-6-9(2)10(3)14(7-8)5-4-11(15)16-13-12/h8-10,13H,4-7,12H2,1-3H3. The molecule has 1 fully saturated rings. The van der Waals surface area contributed by atoms with E-state index in [-0.39, 0.29) is 5.97 Å². The van der Waals surface area contributed by atoms with Crippen LogP contribution in [0.25, 0.3) is 0 Å². The Morgan fingerprint density at radius 3 is 2.81 bits per heavy atom. The summed E-state index contributed by atoms with van der Waals surface area (Å²) in [5.41, 5.74) is 1.92. The van der Waals surface area contributed by atoms with Crippen molar-refractivity contribution in [3.8, 4) is 0 Å². The van der Waals surface area contributed by atoms with Gasteiger partial charge in [0.2, 0.25) is 0 Å². The first kappa shape index (κ1) is 13.4. The third-order valence-corrected chi connectivity index (χ3v) is 3.50. The van der Waals surface area contributed by atoms with Crippen LogP contribution >= 0.6 is 0 Å². The van der Waals surface area contributed by atoms with Crippen LogP contribution in [-0.2, 0) is 9.63 Å². The molecule has 1 rings (SSSR count). The van der Waals surface area contributed by atoms with Gasteiger partial charge < -0.3 is 4.84 Å². The molecule has 0 aromatic carbocycles. The number of nitrogens with zero attached hydrogens (tertiary/aromatic N) is 1. The molecule has 1 aliphatic heterocycles. The number of carbonyl (C=O) groups is 1. The molecule has 0 bridgehead atoms. The third kappa shape index (κ3) is 3.73. The summed E-state index contributed by atoms with van der Waals surface area (Å²) in [6.45, 7) is 8.57. The van der Waals surface area contributed by atoms with Crippen molar-refractivity contribution in [1.29, 1.82) is 0 Å². The van der Waals surface area contributed by atoms with E-state index in [1.54, 1.807) is 0 Å². The number of hydrogen-bond donors (Lipinski definition) is 2. The van der Waals surface area contributed by atoms with Crippen molar-refractivity contribution >= 4 is 5.97 Å². The average Bonchev–Trinajstić information content (AvgIpc) is 2.21. The van der Waals surface area contributed by atoms with Crippen molar-refractivity contribution < 1.29 is 9.63 Å². The van der Waals surface area contributed by atoms with Crippen LogP contribution in [0.4, 0.5) is 0 Å². The second-order valence-corrected chi connectivity index (χ2v) is 4.90. The number of carbonyl (C=O) groups excluding carboxylic acids is 1. The zero-order valence-electron chi connectivity index (χ0n) is 10.4. The zero-order valence-corrected chi connectivity index (χ0v) is 10.4. The topological polar surface area (TPSA) is 67.6 Å². The van der Waals surface area contributed by atoms with Gasteiger partial charge in [0.25, 0.3) is 0 Å². The lowest BCUT2D eigenvalue weighted by Crippen LogP contribution is -2.46. The maximum atomic E-state index is 11.2. The molecule has 0 aliphatic carbocycles. The highest BCUT2D eigenvalue weighted by atomic mass is 16.7. The minimum absolute atomic E-state index is 0.305. The second kappa shape index (κ2) is 6.18. The molecule has 0 spiro atoms. The summed E-state index contributed by atoms with van der Waals surface area (Å²) in [5.74, 6) is 5.99. The predicted molar refractivity (Wildman–Crippen MR) is 62.0 cm³/mol. The van der Waals surface area contributed by atoms with Crippen molar-refractivity contribution in [2.24, 2.45) is 17.7 Å². The van der Waals surface area contributed by atoms with E-state index in [0.29, 0.717) is 24.3 Å². The number of likely N-dealkylation sites (tertiary alicyclic amines) is 1. The van der Waals surface area contributed by atoms with Crippen LogP contribution in [0.5, 0.6) is 0 Å². The zero-order chi connectivity index (χ0) is 12.1. The van der Waals surface area contributed by atoms with Gasteiger partial charge in [0.05, 0.1) is 6.42 Å². The molecule has 0 amide bonds. The summed E-state index contributed by atoms with van der Waals surface area (Å²) in [7, 11) is 0. The normalized spacial score (nSPS) is 31.4. The van der Waals surface area contributed by atoms with Gasteiger partial charge in [-0.3, -0.25) is 9.69 Å². The van der Waals surface area contributed by atoms with Gasteiger partial charge in [0, 0.05) is 19.1 Å². The van der Waals surface area contributed by atoms with Gasteiger partial charge in [-0.05, 0) is 25.2 Å². The molecule has 1 aliphatic rings. The van der Waals surface area contributed by atoms with Crippen LogP contribution in [0.2, 0.25) is 0 Å². The van der Waals surface area contributed by atoms with E-state index >= 15 is 0 Å². The number of nitrogens with one attached hydrogen (secondary N) is 1. The average molecular weight is 229 g/mol. The summed E-state index contributed by atoms with van der Waals surface area (Å²) in [4.78, 5) is 18.0. The number of hydrazine groups is 1. The Morgan fingerprint density at radius 1 is 1.50 bits per heavy atom. The molecular weight excluding hydrogens is 206 g/mol. The lowest BCUT2D eigenvalue weighted by molar-refractivity contribution is -0.151. The molecule has 1 saturated heterocycles.